The zero-order valence-electron chi connectivity index (χ0n) is 16.6. The van der Waals surface area contributed by atoms with E-state index in [2.05, 4.69) is 117 Å². The lowest BCUT2D eigenvalue weighted by Crippen LogP contribution is -2.34. The van der Waals surface area contributed by atoms with Crippen molar-refractivity contribution < 1.29 is 4.57 Å². The summed E-state index contributed by atoms with van der Waals surface area (Å²) < 4.78 is 2.25. The molecule has 3 rings (SSSR count). The van der Waals surface area contributed by atoms with E-state index < -0.39 is 0 Å². The van der Waals surface area contributed by atoms with Crippen molar-refractivity contribution >= 4 is 11.4 Å². The smallest absolute Gasteiger partial charge is 0.213 e. The van der Waals surface area contributed by atoms with Crippen molar-refractivity contribution in [3.63, 3.8) is 0 Å². The lowest BCUT2D eigenvalue weighted by molar-refractivity contribution is -0.666. The Hall–Kier alpha value is -2.81. The molecule has 0 atom stereocenters. The van der Waals surface area contributed by atoms with Gasteiger partial charge in [-0.1, -0.05) is 12.1 Å². The maximum absolute atomic E-state index is 2.28. The zero-order valence-corrected chi connectivity index (χ0v) is 16.6. The molecule has 2 aromatic carbocycles. The van der Waals surface area contributed by atoms with Crippen LogP contribution in [0.1, 0.15) is 5.69 Å². The van der Waals surface area contributed by atoms with Gasteiger partial charge in [-0.15, -0.1) is 0 Å². The molecule has 0 N–H and O–H groups in total. The van der Waals surface area contributed by atoms with Crippen molar-refractivity contribution in [3.05, 3.63) is 66.4 Å². The highest BCUT2D eigenvalue weighted by Gasteiger charge is 2.15. The first-order valence-corrected chi connectivity index (χ1v) is 8.93. The first-order valence-electron chi connectivity index (χ1n) is 8.93. The van der Waals surface area contributed by atoms with Gasteiger partial charge in [-0.25, -0.2) is 0 Å². The first-order chi connectivity index (χ1) is 12.4. The first kappa shape index (κ1) is 18.0. The summed E-state index contributed by atoms with van der Waals surface area (Å²) in [4.78, 5) is 4.25. The molecule has 3 aromatic rings. The van der Waals surface area contributed by atoms with Crippen LogP contribution in [0.15, 0.2) is 60.7 Å². The van der Waals surface area contributed by atoms with Gasteiger partial charge in [0.05, 0.1) is 0 Å². The zero-order chi connectivity index (χ0) is 18.8. The summed E-state index contributed by atoms with van der Waals surface area (Å²) in [6, 6.07) is 22.0. The minimum absolute atomic E-state index is 1.21. The molecule has 1 aromatic heterocycles. The van der Waals surface area contributed by atoms with Gasteiger partial charge in [0.15, 0.2) is 5.69 Å². The molecule has 0 fully saturated rings. The fraction of sp³-hybridized carbons (Fsp3) is 0.261. The Bertz CT molecular complexity index is 892. The monoisotopic (exact) mass is 346 g/mol. The normalized spacial score (nSPS) is 10.7. The topological polar surface area (TPSA) is 10.4 Å². The predicted octanol–water partition coefficient (Wildman–Crippen LogP) is 4.29. The number of nitrogens with zero attached hydrogens (tertiary/aromatic N) is 3. The van der Waals surface area contributed by atoms with Crippen LogP contribution >= 0.6 is 0 Å². The SMILES string of the molecule is Cc1cc(-c2ccc(N(C)C)cc2)cc(-c2ccc(N(C)C)cc2)[n+]1C. The molecule has 0 saturated heterocycles. The molecule has 0 aliphatic heterocycles. The Balaban J connectivity index is 2.04. The van der Waals surface area contributed by atoms with Crippen LogP contribution in [0.25, 0.3) is 22.4 Å². The summed E-state index contributed by atoms with van der Waals surface area (Å²) in [5.74, 6) is 0. The second-order valence-electron chi connectivity index (χ2n) is 7.21. The number of aromatic nitrogens is 1. The Labute approximate surface area is 157 Å². The lowest BCUT2D eigenvalue weighted by atomic mass is 10.0. The van der Waals surface area contributed by atoms with Gasteiger partial charge in [-0.05, 0) is 47.5 Å². The van der Waals surface area contributed by atoms with Crippen molar-refractivity contribution in [2.45, 2.75) is 6.92 Å². The van der Waals surface area contributed by atoms with Crippen molar-refractivity contribution in [2.24, 2.45) is 7.05 Å². The largest absolute Gasteiger partial charge is 0.378 e. The third kappa shape index (κ3) is 3.57. The number of benzene rings is 2. The molecule has 0 radical (unpaired) electrons. The number of hydrogen-bond acceptors (Lipinski definition) is 2. The van der Waals surface area contributed by atoms with Crippen molar-refractivity contribution in [2.75, 3.05) is 38.0 Å². The van der Waals surface area contributed by atoms with Crippen LogP contribution in [0, 0.1) is 6.92 Å². The van der Waals surface area contributed by atoms with E-state index in [1.54, 1.807) is 0 Å². The second-order valence-corrected chi connectivity index (χ2v) is 7.21. The van der Waals surface area contributed by atoms with Crippen molar-refractivity contribution in [1.29, 1.82) is 0 Å². The Morgan fingerprint density at radius 3 is 1.54 bits per heavy atom. The van der Waals surface area contributed by atoms with Crippen LogP contribution in [0.2, 0.25) is 0 Å². The highest BCUT2D eigenvalue weighted by atomic mass is 15.1. The molecule has 26 heavy (non-hydrogen) atoms. The Morgan fingerprint density at radius 2 is 1.08 bits per heavy atom. The molecule has 0 aliphatic rings. The van der Waals surface area contributed by atoms with Gasteiger partial charge in [0.1, 0.15) is 7.05 Å². The Morgan fingerprint density at radius 1 is 0.615 bits per heavy atom. The molecule has 0 aliphatic carbocycles. The molecule has 0 saturated carbocycles. The average molecular weight is 346 g/mol. The van der Waals surface area contributed by atoms with Crippen LogP contribution in [0.4, 0.5) is 11.4 Å². The molecular weight excluding hydrogens is 318 g/mol. The molecule has 3 heteroatoms. The predicted molar refractivity (Wildman–Crippen MR) is 112 cm³/mol. The van der Waals surface area contributed by atoms with Gasteiger partial charge >= 0.3 is 0 Å². The van der Waals surface area contributed by atoms with E-state index in [0.717, 1.165) is 0 Å². The summed E-state index contributed by atoms with van der Waals surface area (Å²) in [6.07, 6.45) is 0. The number of aryl methyl sites for hydroxylation is 1. The summed E-state index contributed by atoms with van der Waals surface area (Å²) in [7, 11) is 10.4. The third-order valence-electron chi connectivity index (χ3n) is 4.94. The highest BCUT2D eigenvalue weighted by molar-refractivity contribution is 5.71. The van der Waals surface area contributed by atoms with Gasteiger partial charge < -0.3 is 9.80 Å². The fourth-order valence-electron chi connectivity index (χ4n) is 3.12. The minimum Gasteiger partial charge on any atom is -0.378 e. The second kappa shape index (κ2) is 7.20. The van der Waals surface area contributed by atoms with E-state index in [0.29, 0.717) is 0 Å². The molecular formula is C23H28N3+. The maximum atomic E-state index is 2.28. The average Bonchev–Trinajstić information content (AvgIpc) is 2.64. The standard InChI is InChI=1S/C23H28N3/c1-17-15-20(18-7-11-21(12-8-18)24(2)3)16-23(26(17)6)19-9-13-22(14-10-19)25(4)5/h7-16H,1-6H3/q+1. The third-order valence-corrected chi connectivity index (χ3v) is 4.94. The number of anilines is 2. The summed E-state index contributed by atoms with van der Waals surface area (Å²) >= 11 is 0. The van der Waals surface area contributed by atoms with Crippen LogP contribution < -0.4 is 14.4 Å². The van der Waals surface area contributed by atoms with E-state index in [1.165, 1.54) is 39.5 Å². The maximum Gasteiger partial charge on any atom is 0.213 e. The number of rotatable bonds is 4. The van der Waals surface area contributed by atoms with Crippen LogP contribution in [0.5, 0.6) is 0 Å². The quantitative estimate of drug-likeness (QED) is 0.653. The van der Waals surface area contributed by atoms with E-state index in [1.807, 2.05) is 0 Å². The number of hydrogen-bond donors (Lipinski definition) is 0. The van der Waals surface area contributed by atoms with Crippen molar-refractivity contribution in [3.8, 4) is 22.4 Å². The fourth-order valence-corrected chi connectivity index (χ4v) is 3.12. The number of pyridine rings is 1. The highest BCUT2D eigenvalue weighted by Crippen LogP contribution is 2.27. The molecule has 0 bridgehead atoms. The van der Waals surface area contributed by atoms with E-state index in [4.69, 9.17) is 0 Å². The Kier molecular flexibility index (Phi) is 4.99. The minimum atomic E-state index is 1.21. The summed E-state index contributed by atoms with van der Waals surface area (Å²) in [6.45, 7) is 2.16. The van der Waals surface area contributed by atoms with Crippen LogP contribution in [-0.4, -0.2) is 28.2 Å². The molecule has 1 heterocycles. The summed E-state index contributed by atoms with van der Waals surface area (Å²) in [5.41, 5.74) is 8.61. The molecule has 0 spiro atoms. The van der Waals surface area contributed by atoms with Gasteiger partial charge in [0.2, 0.25) is 5.69 Å². The molecule has 3 nitrogen and oxygen atoms in total. The van der Waals surface area contributed by atoms with Crippen LogP contribution in [0.3, 0.4) is 0 Å². The van der Waals surface area contributed by atoms with Gasteiger partial charge in [0.25, 0.3) is 0 Å². The van der Waals surface area contributed by atoms with E-state index in [9.17, 15) is 0 Å². The molecule has 134 valence electrons. The molecule has 0 amide bonds. The van der Waals surface area contributed by atoms with Gasteiger partial charge in [-0.3, -0.25) is 0 Å². The van der Waals surface area contributed by atoms with Gasteiger partial charge in [-0.2, -0.15) is 4.57 Å². The van der Waals surface area contributed by atoms with E-state index >= 15 is 0 Å². The van der Waals surface area contributed by atoms with Crippen LogP contribution in [-0.2, 0) is 7.05 Å². The summed E-state index contributed by atoms with van der Waals surface area (Å²) in [5, 5.41) is 0. The van der Waals surface area contributed by atoms with Gasteiger partial charge in [0, 0.05) is 64.2 Å². The molecule has 0 unspecified atom stereocenters. The van der Waals surface area contributed by atoms with E-state index in [-0.39, 0.29) is 0 Å². The lowest BCUT2D eigenvalue weighted by Gasteiger charge is -2.14. The van der Waals surface area contributed by atoms with Crippen molar-refractivity contribution in [1.82, 2.24) is 0 Å².